The van der Waals surface area contributed by atoms with Crippen LogP contribution in [0.5, 0.6) is 0 Å². The van der Waals surface area contributed by atoms with Gasteiger partial charge in [0.2, 0.25) is 5.91 Å². The highest BCUT2D eigenvalue weighted by Crippen LogP contribution is 2.35. The predicted molar refractivity (Wildman–Crippen MR) is 78.0 cm³/mol. The second kappa shape index (κ2) is 6.10. The molecule has 0 saturated carbocycles. The van der Waals surface area contributed by atoms with Gasteiger partial charge in [0.1, 0.15) is 0 Å². The number of nitrogens with zero attached hydrogens (tertiary/aromatic N) is 1. The highest BCUT2D eigenvalue weighted by Gasteiger charge is 2.41. The van der Waals surface area contributed by atoms with E-state index in [1.807, 2.05) is 0 Å². The lowest BCUT2D eigenvalue weighted by Gasteiger charge is -2.36. The molecule has 3 atom stereocenters. The molecule has 3 rings (SSSR count). The summed E-state index contributed by atoms with van der Waals surface area (Å²) in [5.74, 6) is 0.0116. The van der Waals surface area contributed by atoms with Crippen molar-refractivity contribution in [1.82, 2.24) is 15.8 Å². The van der Waals surface area contributed by atoms with Crippen molar-refractivity contribution < 1.29 is 18.0 Å². The van der Waals surface area contributed by atoms with Gasteiger partial charge in [-0.25, -0.2) is 5.43 Å². The van der Waals surface area contributed by atoms with Gasteiger partial charge in [0, 0.05) is 25.0 Å². The summed E-state index contributed by atoms with van der Waals surface area (Å²) in [5, 5.41) is 0. The monoisotopic (exact) mass is 328 g/mol. The highest BCUT2D eigenvalue weighted by atomic mass is 19.4. The Morgan fingerprint density at radius 2 is 1.96 bits per heavy atom. The Kier molecular flexibility index (Phi) is 4.31. The number of carbonyl (C=O) groups excluding carboxylic acids is 1. The van der Waals surface area contributed by atoms with Crippen molar-refractivity contribution >= 4 is 5.91 Å². The van der Waals surface area contributed by atoms with Crippen molar-refractivity contribution in [2.45, 2.75) is 24.7 Å². The summed E-state index contributed by atoms with van der Waals surface area (Å²) in [5.41, 5.74) is 11.9. The van der Waals surface area contributed by atoms with E-state index >= 15 is 0 Å². The lowest BCUT2D eigenvalue weighted by atomic mass is 9.85. The summed E-state index contributed by atoms with van der Waals surface area (Å²) < 4.78 is 38.0. The van der Waals surface area contributed by atoms with Crippen LogP contribution in [0, 0.1) is 5.92 Å². The molecule has 2 fully saturated rings. The van der Waals surface area contributed by atoms with Crippen LogP contribution in [0.4, 0.5) is 13.2 Å². The average Bonchev–Trinajstić information content (AvgIpc) is 2.96. The van der Waals surface area contributed by atoms with E-state index in [4.69, 9.17) is 5.73 Å². The van der Waals surface area contributed by atoms with Crippen LogP contribution in [0.3, 0.4) is 0 Å². The first-order valence-corrected chi connectivity index (χ1v) is 7.56. The fourth-order valence-corrected chi connectivity index (χ4v) is 3.37. The molecule has 2 aliphatic heterocycles. The molecule has 0 radical (unpaired) electrons. The van der Waals surface area contributed by atoms with Crippen LogP contribution in [-0.4, -0.2) is 36.5 Å². The number of hydrogen-bond acceptors (Lipinski definition) is 4. The second-order valence-electron chi connectivity index (χ2n) is 5.99. The summed E-state index contributed by atoms with van der Waals surface area (Å²) in [4.78, 5) is 13.5. The van der Waals surface area contributed by atoms with Gasteiger partial charge < -0.3 is 10.6 Å². The van der Waals surface area contributed by atoms with E-state index in [1.165, 1.54) is 12.1 Å². The van der Waals surface area contributed by atoms with Crippen LogP contribution in [0.25, 0.3) is 0 Å². The van der Waals surface area contributed by atoms with E-state index in [-0.39, 0.29) is 30.5 Å². The number of piperidine rings is 1. The molecule has 5 nitrogen and oxygen atoms in total. The minimum atomic E-state index is -4.34. The Labute approximate surface area is 132 Å². The largest absolute Gasteiger partial charge is 0.416 e. The number of nitrogens with two attached hydrogens (primary N) is 1. The van der Waals surface area contributed by atoms with Gasteiger partial charge in [0.25, 0.3) is 0 Å². The number of hydrazine groups is 1. The van der Waals surface area contributed by atoms with E-state index in [2.05, 4.69) is 10.9 Å². The molecule has 1 aromatic carbocycles. The minimum absolute atomic E-state index is 0.0246. The molecule has 126 valence electrons. The van der Waals surface area contributed by atoms with Gasteiger partial charge in [0.05, 0.1) is 18.2 Å². The van der Waals surface area contributed by atoms with Crippen LogP contribution in [0.15, 0.2) is 24.3 Å². The maximum Gasteiger partial charge on any atom is 0.416 e. The number of hydrogen-bond donors (Lipinski definition) is 3. The third-order valence-electron chi connectivity index (χ3n) is 4.63. The van der Waals surface area contributed by atoms with Crippen molar-refractivity contribution in [3.8, 4) is 0 Å². The lowest BCUT2D eigenvalue weighted by molar-refractivity contribution is -0.137. The summed E-state index contributed by atoms with van der Waals surface area (Å²) >= 11 is 0. The van der Waals surface area contributed by atoms with Crippen molar-refractivity contribution in [3.05, 3.63) is 35.4 Å². The van der Waals surface area contributed by atoms with Gasteiger partial charge >= 0.3 is 6.18 Å². The maximum atomic E-state index is 12.7. The normalized spacial score (nSPS) is 27.8. The topological polar surface area (TPSA) is 70.4 Å². The van der Waals surface area contributed by atoms with E-state index in [0.29, 0.717) is 13.1 Å². The third kappa shape index (κ3) is 3.19. The summed E-state index contributed by atoms with van der Waals surface area (Å²) in [6, 6.07) is 5.24. The maximum absolute atomic E-state index is 12.7. The number of carbonyl (C=O) groups is 1. The van der Waals surface area contributed by atoms with E-state index in [1.54, 1.807) is 4.90 Å². The lowest BCUT2D eigenvalue weighted by Crippen LogP contribution is -2.49. The van der Waals surface area contributed by atoms with Crippen molar-refractivity contribution in [2.75, 3.05) is 19.6 Å². The molecule has 0 bridgehead atoms. The first-order chi connectivity index (χ1) is 10.9. The molecule has 0 aromatic heterocycles. The van der Waals surface area contributed by atoms with Crippen LogP contribution in [0.1, 0.15) is 23.6 Å². The zero-order valence-electron chi connectivity index (χ0n) is 12.4. The number of nitrogens with one attached hydrogen (secondary N) is 2. The molecule has 2 heterocycles. The van der Waals surface area contributed by atoms with E-state index < -0.39 is 11.7 Å². The standard InChI is InChI=1S/C15H19F3N4O/c16-15(17,18)10-3-1-9(2-4-10)14-11-8-22(13(23)7-19)6-5-12(11)20-21-14/h1-4,11-12,14,20-21H,5-8,19H2. The molecule has 2 saturated heterocycles. The Hall–Kier alpha value is -1.64. The van der Waals surface area contributed by atoms with Crippen LogP contribution < -0.4 is 16.6 Å². The molecule has 0 spiro atoms. The van der Waals surface area contributed by atoms with Crippen LogP contribution >= 0.6 is 0 Å². The number of fused-ring (bicyclic) bond motifs is 1. The smallest absolute Gasteiger partial charge is 0.341 e. The number of alkyl halides is 3. The summed E-state index contributed by atoms with van der Waals surface area (Å²) in [6.45, 7) is 1.17. The Morgan fingerprint density at radius 3 is 2.57 bits per heavy atom. The highest BCUT2D eigenvalue weighted by molar-refractivity contribution is 5.78. The van der Waals surface area contributed by atoms with Gasteiger partial charge in [-0.3, -0.25) is 10.2 Å². The summed E-state index contributed by atoms with van der Waals surface area (Å²) in [7, 11) is 0. The molecule has 0 aliphatic carbocycles. The average molecular weight is 328 g/mol. The molecule has 2 aliphatic rings. The van der Waals surface area contributed by atoms with Crippen LogP contribution in [-0.2, 0) is 11.0 Å². The summed E-state index contributed by atoms with van der Waals surface area (Å²) in [6.07, 6.45) is -3.54. The van der Waals surface area contributed by atoms with Crippen LogP contribution in [0.2, 0.25) is 0 Å². The first kappa shape index (κ1) is 16.2. The molecule has 8 heteroatoms. The fourth-order valence-electron chi connectivity index (χ4n) is 3.37. The van der Waals surface area contributed by atoms with Gasteiger partial charge in [-0.1, -0.05) is 12.1 Å². The SMILES string of the molecule is NCC(=O)N1CCC2NNC(c3ccc(C(F)(F)F)cc3)C2C1. The van der Waals surface area contributed by atoms with E-state index in [0.717, 1.165) is 24.1 Å². The van der Waals surface area contributed by atoms with Gasteiger partial charge in [-0.15, -0.1) is 0 Å². The zero-order valence-corrected chi connectivity index (χ0v) is 12.4. The molecular formula is C15H19F3N4O. The second-order valence-corrected chi connectivity index (χ2v) is 5.99. The number of rotatable bonds is 2. The molecular weight excluding hydrogens is 309 g/mol. The third-order valence-corrected chi connectivity index (χ3v) is 4.63. The molecule has 1 amide bonds. The molecule has 3 unspecified atom stereocenters. The number of likely N-dealkylation sites (tertiary alicyclic amines) is 1. The van der Waals surface area contributed by atoms with Crippen molar-refractivity contribution in [2.24, 2.45) is 11.7 Å². The zero-order chi connectivity index (χ0) is 16.6. The number of amides is 1. The predicted octanol–water partition coefficient (Wildman–Crippen LogP) is 1.03. The van der Waals surface area contributed by atoms with E-state index in [9.17, 15) is 18.0 Å². The minimum Gasteiger partial charge on any atom is -0.341 e. The molecule has 23 heavy (non-hydrogen) atoms. The molecule has 1 aromatic rings. The van der Waals surface area contributed by atoms with Crippen molar-refractivity contribution in [1.29, 1.82) is 0 Å². The fraction of sp³-hybridized carbons (Fsp3) is 0.533. The van der Waals surface area contributed by atoms with Gasteiger partial charge in [-0.2, -0.15) is 13.2 Å². The van der Waals surface area contributed by atoms with Gasteiger partial charge in [-0.05, 0) is 24.1 Å². The Morgan fingerprint density at radius 1 is 1.26 bits per heavy atom. The number of benzene rings is 1. The Bertz CT molecular complexity index is 575. The molecule has 4 N–H and O–H groups in total. The Balaban J connectivity index is 1.76. The van der Waals surface area contributed by atoms with Crippen molar-refractivity contribution in [3.63, 3.8) is 0 Å². The van der Waals surface area contributed by atoms with Gasteiger partial charge in [0.15, 0.2) is 0 Å². The number of halogens is 3. The first-order valence-electron chi connectivity index (χ1n) is 7.56. The quantitative estimate of drug-likeness (QED) is 0.758.